The summed E-state index contributed by atoms with van der Waals surface area (Å²) in [5, 5.41) is 8.88. The van der Waals surface area contributed by atoms with Crippen molar-refractivity contribution >= 4 is 11.7 Å². The summed E-state index contributed by atoms with van der Waals surface area (Å²) in [6.07, 6.45) is 1.36. The molecule has 0 saturated carbocycles. The number of anilines is 1. The van der Waals surface area contributed by atoms with Gasteiger partial charge in [0.25, 0.3) is 0 Å². The molecule has 4 nitrogen and oxygen atoms in total. The molecule has 4 heteroatoms. The van der Waals surface area contributed by atoms with Gasteiger partial charge in [0, 0.05) is 5.69 Å². The maximum Gasteiger partial charge on any atom is 0.340 e. The molecular formula is C15H20N2O2. The summed E-state index contributed by atoms with van der Waals surface area (Å²) in [6.45, 7) is 5.87. The Labute approximate surface area is 114 Å². The van der Waals surface area contributed by atoms with Gasteiger partial charge in [0.05, 0.1) is 23.7 Å². The summed E-state index contributed by atoms with van der Waals surface area (Å²) in [7, 11) is 0. The molecule has 0 saturated heterocycles. The zero-order valence-electron chi connectivity index (χ0n) is 11.7. The number of nitrogen functional groups attached to an aromatic ring is 1. The lowest BCUT2D eigenvalue weighted by Crippen LogP contribution is -2.13. The van der Waals surface area contributed by atoms with Gasteiger partial charge in [0.15, 0.2) is 0 Å². The number of hydrogen-bond donors (Lipinski definition) is 1. The number of nitrogens with zero attached hydrogens (tertiary/aromatic N) is 1. The van der Waals surface area contributed by atoms with Crippen LogP contribution in [0.15, 0.2) is 18.2 Å². The van der Waals surface area contributed by atoms with E-state index in [4.69, 9.17) is 15.7 Å². The zero-order valence-corrected chi connectivity index (χ0v) is 11.7. The van der Waals surface area contributed by atoms with E-state index in [9.17, 15) is 4.79 Å². The van der Waals surface area contributed by atoms with Crippen LogP contribution < -0.4 is 5.73 Å². The Morgan fingerprint density at radius 1 is 1.47 bits per heavy atom. The second kappa shape index (κ2) is 6.24. The molecule has 2 N–H and O–H groups in total. The first-order chi connectivity index (χ1) is 8.87. The van der Waals surface area contributed by atoms with E-state index in [1.807, 2.05) is 26.8 Å². The molecule has 102 valence electrons. The van der Waals surface area contributed by atoms with Crippen molar-refractivity contribution in [3.63, 3.8) is 0 Å². The van der Waals surface area contributed by atoms with Crippen molar-refractivity contribution in [1.82, 2.24) is 0 Å². The maximum atomic E-state index is 11.9. The van der Waals surface area contributed by atoms with Crippen LogP contribution in [0.2, 0.25) is 0 Å². The lowest BCUT2D eigenvalue weighted by Gasteiger charge is -2.15. The van der Waals surface area contributed by atoms with Crippen LogP contribution in [0.3, 0.4) is 0 Å². The molecule has 0 bridgehead atoms. The predicted molar refractivity (Wildman–Crippen MR) is 74.5 cm³/mol. The number of ether oxygens (including phenoxy) is 1. The lowest BCUT2D eigenvalue weighted by molar-refractivity contribution is 0.0491. The minimum atomic E-state index is -0.398. The fourth-order valence-corrected chi connectivity index (χ4v) is 1.78. The number of carbonyl (C=O) groups excluding carboxylic acids is 1. The predicted octanol–water partition coefficient (Wildman–Crippen LogP) is 3.06. The second-order valence-electron chi connectivity index (χ2n) is 5.27. The number of benzene rings is 1. The first kappa shape index (κ1) is 15.0. The fraction of sp³-hybridized carbons (Fsp3) is 0.467. The SMILES string of the molecule is Cc1cccc(N)c1C(=O)OCCCC(C)(C)C#N. The molecule has 0 unspecified atom stereocenters. The largest absolute Gasteiger partial charge is 0.462 e. The number of nitriles is 1. The van der Waals surface area contributed by atoms with Crippen LogP contribution in [-0.4, -0.2) is 12.6 Å². The molecular weight excluding hydrogens is 240 g/mol. The van der Waals surface area contributed by atoms with Crippen molar-refractivity contribution in [3.05, 3.63) is 29.3 Å². The Morgan fingerprint density at radius 2 is 2.16 bits per heavy atom. The van der Waals surface area contributed by atoms with Crippen LogP contribution in [0.25, 0.3) is 0 Å². The molecule has 0 aromatic heterocycles. The number of rotatable bonds is 5. The van der Waals surface area contributed by atoms with Gasteiger partial charge in [-0.2, -0.15) is 5.26 Å². The Hall–Kier alpha value is -2.02. The van der Waals surface area contributed by atoms with Crippen molar-refractivity contribution < 1.29 is 9.53 Å². The van der Waals surface area contributed by atoms with Gasteiger partial charge in [0.1, 0.15) is 0 Å². The topological polar surface area (TPSA) is 76.1 Å². The van der Waals surface area contributed by atoms with Gasteiger partial charge in [0.2, 0.25) is 0 Å². The molecule has 19 heavy (non-hydrogen) atoms. The third-order valence-corrected chi connectivity index (χ3v) is 2.99. The quantitative estimate of drug-likeness (QED) is 0.501. The maximum absolute atomic E-state index is 11.9. The first-order valence-corrected chi connectivity index (χ1v) is 6.31. The molecule has 0 aliphatic heterocycles. The normalized spacial score (nSPS) is 10.8. The van der Waals surface area contributed by atoms with E-state index in [2.05, 4.69) is 6.07 Å². The molecule has 0 amide bonds. The number of aryl methyl sites for hydroxylation is 1. The Bertz CT molecular complexity index is 481. The van der Waals surface area contributed by atoms with Crippen LogP contribution in [0.5, 0.6) is 0 Å². The third kappa shape index (κ3) is 4.29. The smallest absolute Gasteiger partial charge is 0.340 e. The van der Waals surface area contributed by atoms with E-state index in [0.717, 1.165) is 5.56 Å². The summed E-state index contributed by atoms with van der Waals surface area (Å²) in [6, 6.07) is 7.53. The van der Waals surface area contributed by atoms with Crippen LogP contribution in [0.4, 0.5) is 5.69 Å². The Morgan fingerprint density at radius 3 is 2.74 bits per heavy atom. The number of esters is 1. The summed E-state index contributed by atoms with van der Waals surface area (Å²) >= 11 is 0. The average molecular weight is 260 g/mol. The highest BCUT2D eigenvalue weighted by Crippen LogP contribution is 2.21. The molecule has 0 aliphatic carbocycles. The van der Waals surface area contributed by atoms with Gasteiger partial charge in [-0.15, -0.1) is 0 Å². The van der Waals surface area contributed by atoms with Crippen LogP contribution >= 0.6 is 0 Å². The molecule has 1 rings (SSSR count). The van der Waals surface area contributed by atoms with Crippen molar-refractivity contribution in [1.29, 1.82) is 5.26 Å². The first-order valence-electron chi connectivity index (χ1n) is 6.31. The van der Waals surface area contributed by atoms with Crippen molar-refractivity contribution in [2.75, 3.05) is 12.3 Å². The lowest BCUT2D eigenvalue weighted by atomic mass is 9.90. The molecule has 0 fully saturated rings. The summed E-state index contributed by atoms with van der Waals surface area (Å²) in [5.41, 5.74) is 7.07. The average Bonchev–Trinajstić information content (AvgIpc) is 2.34. The monoisotopic (exact) mass is 260 g/mol. The van der Waals surface area contributed by atoms with Gasteiger partial charge >= 0.3 is 5.97 Å². The highest BCUT2D eigenvalue weighted by molar-refractivity contribution is 5.96. The molecule has 1 aromatic carbocycles. The number of nitrogens with two attached hydrogens (primary N) is 1. The molecule has 0 spiro atoms. The highest BCUT2D eigenvalue weighted by atomic mass is 16.5. The Balaban J connectivity index is 2.51. The molecule has 0 radical (unpaired) electrons. The van der Waals surface area contributed by atoms with E-state index in [1.165, 1.54) is 0 Å². The minimum Gasteiger partial charge on any atom is -0.462 e. The zero-order chi connectivity index (χ0) is 14.5. The second-order valence-corrected chi connectivity index (χ2v) is 5.27. The van der Waals surface area contributed by atoms with Gasteiger partial charge in [-0.05, 0) is 45.2 Å². The van der Waals surface area contributed by atoms with E-state index in [1.54, 1.807) is 12.1 Å². The summed E-state index contributed by atoms with van der Waals surface area (Å²) in [4.78, 5) is 11.9. The van der Waals surface area contributed by atoms with Gasteiger partial charge in [-0.25, -0.2) is 4.79 Å². The molecule has 1 aromatic rings. The van der Waals surface area contributed by atoms with Gasteiger partial charge in [-0.1, -0.05) is 12.1 Å². The van der Waals surface area contributed by atoms with Gasteiger partial charge < -0.3 is 10.5 Å². The minimum absolute atomic E-state index is 0.303. The van der Waals surface area contributed by atoms with E-state index >= 15 is 0 Å². The van der Waals surface area contributed by atoms with Crippen molar-refractivity contribution in [3.8, 4) is 6.07 Å². The number of hydrogen-bond acceptors (Lipinski definition) is 4. The van der Waals surface area contributed by atoms with Crippen LogP contribution in [0, 0.1) is 23.7 Å². The standard InChI is InChI=1S/C15H20N2O2/c1-11-6-4-7-12(17)13(11)14(18)19-9-5-8-15(2,3)10-16/h4,6-7H,5,8-9,17H2,1-3H3. The molecule has 0 atom stereocenters. The van der Waals surface area contributed by atoms with Crippen molar-refractivity contribution in [2.24, 2.45) is 5.41 Å². The molecule has 0 heterocycles. The number of carbonyl (C=O) groups is 1. The van der Waals surface area contributed by atoms with E-state index < -0.39 is 5.97 Å². The fourth-order valence-electron chi connectivity index (χ4n) is 1.78. The van der Waals surface area contributed by atoms with E-state index in [-0.39, 0.29) is 5.41 Å². The highest BCUT2D eigenvalue weighted by Gasteiger charge is 2.17. The molecule has 0 aliphatic rings. The van der Waals surface area contributed by atoms with Crippen LogP contribution in [0.1, 0.15) is 42.6 Å². The Kier molecular flexibility index (Phi) is 4.94. The third-order valence-electron chi connectivity index (χ3n) is 2.99. The van der Waals surface area contributed by atoms with Gasteiger partial charge in [-0.3, -0.25) is 0 Å². The van der Waals surface area contributed by atoms with Crippen LogP contribution in [-0.2, 0) is 4.74 Å². The van der Waals surface area contributed by atoms with E-state index in [0.29, 0.717) is 30.7 Å². The van der Waals surface area contributed by atoms with Crippen molar-refractivity contribution in [2.45, 2.75) is 33.6 Å². The summed E-state index contributed by atoms with van der Waals surface area (Å²) in [5.74, 6) is -0.398. The summed E-state index contributed by atoms with van der Waals surface area (Å²) < 4.78 is 5.20.